The van der Waals surface area contributed by atoms with Crippen LogP contribution < -0.4 is 4.94 Å². The molecule has 1 N–H and O–H groups in total. The zero-order chi connectivity index (χ0) is 12.4. The Morgan fingerprint density at radius 3 is 3.06 bits per heavy atom. The number of carbonyl (C=O) groups excluding carboxylic acids is 1. The molecule has 1 heterocycles. The molecule has 0 radical (unpaired) electrons. The molecule has 1 aromatic carbocycles. The Labute approximate surface area is 100 Å². The number of rotatable bonds is 3. The number of esters is 1. The van der Waals surface area contributed by atoms with Crippen LogP contribution in [0.3, 0.4) is 0 Å². The molecule has 17 heavy (non-hydrogen) atoms. The van der Waals surface area contributed by atoms with Crippen molar-refractivity contribution in [2.24, 2.45) is 0 Å². The van der Waals surface area contributed by atoms with Gasteiger partial charge in [0.05, 0.1) is 11.3 Å². The largest absolute Gasteiger partial charge is 0.464 e. The molecule has 0 aliphatic rings. The summed E-state index contributed by atoms with van der Waals surface area (Å²) in [5.74, 6) is -0.735. The topological polar surface area (TPSA) is 76.7 Å². The maximum atomic E-state index is 11.4. The van der Waals surface area contributed by atoms with Crippen LogP contribution in [0.5, 0.6) is 0 Å². The minimum absolute atomic E-state index is 0.188. The number of ether oxygens (including phenoxy) is 1. The number of aliphatic hydroxyl groups excluding tert-OH is 1. The second kappa shape index (κ2) is 4.68. The lowest BCUT2D eigenvalue weighted by Gasteiger charge is -2.09. The van der Waals surface area contributed by atoms with Crippen LogP contribution >= 0.6 is 11.3 Å². The second-order valence-corrected chi connectivity index (χ2v) is 4.23. The zero-order valence-corrected chi connectivity index (χ0v) is 9.82. The smallest absolute Gasteiger partial charge is 0.396 e. The van der Waals surface area contributed by atoms with Crippen LogP contribution in [0.4, 0.5) is 0 Å². The van der Waals surface area contributed by atoms with Crippen LogP contribution in [0, 0.1) is 0 Å². The van der Waals surface area contributed by atoms with Crippen molar-refractivity contribution in [3.63, 3.8) is 0 Å². The van der Waals surface area contributed by atoms with Gasteiger partial charge in [0.1, 0.15) is 5.58 Å². The molecule has 0 saturated heterocycles. The predicted octanol–water partition coefficient (Wildman–Crippen LogP) is 1.45. The molecule has 6 heteroatoms. The highest BCUT2D eigenvalue weighted by atomic mass is 32.1. The van der Waals surface area contributed by atoms with Crippen molar-refractivity contribution in [2.75, 3.05) is 6.61 Å². The molecule has 0 aliphatic carbocycles. The van der Waals surface area contributed by atoms with Crippen LogP contribution in [-0.2, 0) is 9.53 Å². The minimum Gasteiger partial charge on any atom is -0.464 e. The lowest BCUT2D eigenvalue weighted by molar-refractivity contribution is -0.153. The second-order valence-electron chi connectivity index (χ2n) is 3.28. The fourth-order valence-corrected chi connectivity index (χ4v) is 2.29. The maximum Gasteiger partial charge on any atom is 0.396 e. The van der Waals surface area contributed by atoms with E-state index in [4.69, 9.17) is 9.15 Å². The SMILES string of the molecule is CCOC(=O)C(O)c1cccc2oc(=O)sc12. The van der Waals surface area contributed by atoms with Crippen molar-refractivity contribution in [1.82, 2.24) is 0 Å². The highest BCUT2D eigenvalue weighted by molar-refractivity contribution is 7.16. The fraction of sp³-hybridized carbons (Fsp3) is 0.273. The molecule has 2 aromatic rings. The minimum atomic E-state index is -1.40. The Hall–Kier alpha value is -1.66. The first-order valence-electron chi connectivity index (χ1n) is 5.00. The quantitative estimate of drug-likeness (QED) is 0.839. The fourth-order valence-electron chi connectivity index (χ4n) is 1.48. The molecule has 0 amide bonds. The number of benzene rings is 1. The first-order chi connectivity index (χ1) is 8.13. The van der Waals surface area contributed by atoms with Crippen molar-refractivity contribution in [1.29, 1.82) is 0 Å². The van der Waals surface area contributed by atoms with E-state index in [-0.39, 0.29) is 6.61 Å². The summed E-state index contributed by atoms with van der Waals surface area (Å²) in [4.78, 5) is 22.1. The van der Waals surface area contributed by atoms with Crippen molar-refractivity contribution < 1.29 is 19.1 Å². The summed E-state index contributed by atoms with van der Waals surface area (Å²) in [5, 5.41) is 9.82. The van der Waals surface area contributed by atoms with Crippen molar-refractivity contribution in [2.45, 2.75) is 13.0 Å². The Bertz CT molecular complexity index is 597. The van der Waals surface area contributed by atoms with Crippen molar-refractivity contribution >= 4 is 27.6 Å². The molecule has 0 spiro atoms. The number of carbonyl (C=O) groups is 1. The molecular formula is C11H10O5S. The summed E-state index contributed by atoms with van der Waals surface area (Å²) >= 11 is 0.853. The van der Waals surface area contributed by atoms with Crippen LogP contribution in [0.25, 0.3) is 10.3 Å². The van der Waals surface area contributed by atoms with Gasteiger partial charge in [-0.3, -0.25) is 0 Å². The van der Waals surface area contributed by atoms with Gasteiger partial charge in [0, 0.05) is 5.56 Å². The molecule has 5 nitrogen and oxygen atoms in total. The molecule has 90 valence electrons. The average molecular weight is 254 g/mol. The summed E-state index contributed by atoms with van der Waals surface area (Å²) in [6.45, 7) is 1.84. The first-order valence-corrected chi connectivity index (χ1v) is 5.82. The monoisotopic (exact) mass is 254 g/mol. The van der Waals surface area contributed by atoms with Gasteiger partial charge in [0.2, 0.25) is 0 Å². The van der Waals surface area contributed by atoms with Gasteiger partial charge in [0.25, 0.3) is 0 Å². The molecule has 1 atom stereocenters. The van der Waals surface area contributed by atoms with Gasteiger partial charge in [0.15, 0.2) is 6.10 Å². The van der Waals surface area contributed by atoms with Gasteiger partial charge in [-0.1, -0.05) is 23.5 Å². The maximum absolute atomic E-state index is 11.4. The Balaban J connectivity index is 2.47. The van der Waals surface area contributed by atoms with Crippen LogP contribution in [-0.4, -0.2) is 17.7 Å². The third-order valence-electron chi connectivity index (χ3n) is 2.19. The van der Waals surface area contributed by atoms with E-state index in [1.54, 1.807) is 25.1 Å². The van der Waals surface area contributed by atoms with E-state index in [1.165, 1.54) is 0 Å². The Morgan fingerprint density at radius 1 is 1.59 bits per heavy atom. The summed E-state index contributed by atoms with van der Waals surface area (Å²) in [6.07, 6.45) is -1.40. The van der Waals surface area contributed by atoms with Gasteiger partial charge >= 0.3 is 10.9 Å². The lowest BCUT2D eigenvalue weighted by atomic mass is 10.1. The predicted molar refractivity (Wildman–Crippen MR) is 62.0 cm³/mol. The van der Waals surface area contributed by atoms with E-state index >= 15 is 0 Å². The van der Waals surface area contributed by atoms with E-state index in [1.807, 2.05) is 0 Å². The van der Waals surface area contributed by atoms with E-state index in [2.05, 4.69) is 0 Å². The van der Waals surface area contributed by atoms with Gasteiger partial charge in [-0.05, 0) is 13.0 Å². The number of hydrogen-bond donors (Lipinski definition) is 1. The summed E-state index contributed by atoms with van der Waals surface area (Å²) < 4.78 is 10.1. The van der Waals surface area contributed by atoms with Crippen LogP contribution in [0.2, 0.25) is 0 Å². The molecule has 1 unspecified atom stereocenters. The van der Waals surface area contributed by atoms with E-state index in [0.717, 1.165) is 11.3 Å². The molecule has 0 saturated carbocycles. The number of aliphatic hydroxyl groups is 1. The van der Waals surface area contributed by atoms with Crippen molar-refractivity contribution in [3.05, 3.63) is 33.5 Å². The zero-order valence-electron chi connectivity index (χ0n) is 9.00. The van der Waals surface area contributed by atoms with Crippen molar-refractivity contribution in [3.8, 4) is 0 Å². The molecule has 0 bridgehead atoms. The van der Waals surface area contributed by atoms with E-state index in [9.17, 15) is 14.7 Å². The Kier molecular flexibility index (Phi) is 3.26. The summed E-state index contributed by atoms with van der Waals surface area (Å²) in [6, 6.07) is 4.78. The lowest BCUT2D eigenvalue weighted by Crippen LogP contribution is -2.15. The molecule has 0 fully saturated rings. The van der Waals surface area contributed by atoms with Gasteiger partial charge < -0.3 is 14.3 Å². The van der Waals surface area contributed by atoms with Crippen LogP contribution in [0.1, 0.15) is 18.6 Å². The molecule has 1 aromatic heterocycles. The number of hydrogen-bond acceptors (Lipinski definition) is 6. The third-order valence-corrected chi connectivity index (χ3v) is 3.08. The van der Waals surface area contributed by atoms with Gasteiger partial charge in [-0.2, -0.15) is 0 Å². The molecule has 2 rings (SSSR count). The Morgan fingerprint density at radius 2 is 2.35 bits per heavy atom. The average Bonchev–Trinajstić information content (AvgIpc) is 2.68. The molecular weight excluding hydrogens is 244 g/mol. The first kappa shape index (κ1) is 11.8. The van der Waals surface area contributed by atoms with Gasteiger partial charge in [-0.25, -0.2) is 9.59 Å². The van der Waals surface area contributed by atoms with Gasteiger partial charge in [-0.15, -0.1) is 0 Å². The van der Waals surface area contributed by atoms with E-state index < -0.39 is 17.0 Å². The standard InChI is InChI=1S/C11H10O5S/c1-2-15-10(13)8(12)6-4-3-5-7-9(6)17-11(14)16-7/h3-5,8,12H,2H2,1H3. The van der Waals surface area contributed by atoms with Crippen LogP contribution in [0.15, 0.2) is 27.4 Å². The normalized spacial score (nSPS) is 12.6. The summed E-state index contributed by atoms with van der Waals surface area (Å²) in [5.41, 5.74) is 0.692. The summed E-state index contributed by atoms with van der Waals surface area (Å²) in [7, 11) is 0. The highest BCUT2D eigenvalue weighted by Crippen LogP contribution is 2.27. The molecule has 0 aliphatic heterocycles. The third kappa shape index (κ3) is 2.22. The highest BCUT2D eigenvalue weighted by Gasteiger charge is 2.22. The number of fused-ring (bicyclic) bond motifs is 1. The van der Waals surface area contributed by atoms with E-state index in [0.29, 0.717) is 15.8 Å².